The maximum Gasteiger partial charge on any atom is 0.193 e. The van der Waals surface area contributed by atoms with Gasteiger partial charge in [0.15, 0.2) is 11.1 Å². The maximum absolute atomic E-state index is 11.6. The lowest BCUT2D eigenvalue weighted by atomic mass is 10.3. The first-order chi connectivity index (χ1) is 6.65. The zero-order valence-corrected chi connectivity index (χ0v) is 9.34. The van der Waals surface area contributed by atoms with Gasteiger partial charge in [-0.15, -0.1) is 0 Å². The van der Waals surface area contributed by atoms with Crippen LogP contribution >= 0.6 is 0 Å². The summed E-state index contributed by atoms with van der Waals surface area (Å²) in [5.41, 5.74) is 0. The maximum atomic E-state index is 11.6. The quantitative estimate of drug-likeness (QED) is 0.770. The Labute approximate surface area is 86.7 Å². The largest absolute Gasteiger partial charge is 0.495 e. The van der Waals surface area contributed by atoms with E-state index in [1.54, 1.807) is 25.3 Å². The molecule has 0 heterocycles. The van der Waals surface area contributed by atoms with E-state index >= 15 is 0 Å². The minimum absolute atomic E-state index is 0.0688. The second-order valence-electron chi connectivity index (χ2n) is 3.03. The summed E-state index contributed by atoms with van der Waals surface area (Å²) >= 11 is -1.45. The van der Waals surface area contributed by atoms with Crippen molar-refractivity contribution < 1.29 is 13.1 Å². The van der Waals surface area contributed by atoms with E-state index in [1.807, 2.05) is 19.9 Å². The lowest BCUT2D eigenvalue weighted by Crippen LogP contribution is -2.07. The van der Waals surface area contributed by atoms with Crippen LogP contribution in [0.2, 0.25) is 0 Å². The van der Waals surface area contributed by atoms with Crippen molar-refractivity contribution in [1.29, 1.82) is 0 Å². The molecule has 1 aromatic rings. The molecule has 78 valence electrons. The molecule has 0 N–H and O–H groups in total. The Bertz CT molecular complexity index is 323. The highest BCUT2D eigenvalue weighted by Gasteiger charge is 2.11. The van der Waals surface area contributed by atoms with Crippen molar-refractivity contribution in [2.45, 2.75) is 24.8 Å². The third-order valence-electron chi connectivity index (χ3n) is 1.53. The van der Waals surface area contributed by atoms with Gasteiger partial charge in [0.05, 0.1) is 13.2 Å². The van der Waals surface area contributed by atoms with Gasteiger partial charge in [-0.05, 0) is 26.0 Å². The van der Waals surface area contributed by atoms with Crippen LogP contribution in [-0.2, 0) is 15.3 Å². The minimum Gasteiger partial charge on any atom is -0.495 e. The van der Waals surface area contributed by atoms with Crippen LogP contribution in [0.5, 0.6) is 5.75 Å². The summed E-state index contributed by atoms with van der Waals surface area (Å²) in [6.07, 6.45) is -0.0688. The average molecular weight is 214 g/mol. The highest BCUT2D eigenvalue weighted by atomic mass is 32.2. The molecule has 0 unspecified atom stereocenters. The summed E-state index contributed by atoms with van der Waals surface area (Å²) in [5.74, 6) is 0.589. The van der Waals surface area contributed by atoms with Gasteiger partial charge in [0.1, 0.15) is 10.6 Å². The fourth-order valence-corrected chi connectivity index (χ4v) is 1.94. The summed E-state index contributed by atoms with van der Waals surface area (Å²) in [6.45, 7) is 3.68. The molecule has 1 rings (SSSR count). The molecule has 0 aliphatic carbocycles. The smallest absolute Gasteiger partial charge is 0.193 e. The Morgan fingerprint density at radius 3 is 2.50 bits per heavy atom. The number of methoxy groups -OCH3 is 1. The Morgan fingerprint density at radius 2 is 1.93 bits per heavy atom. The summed E-state index contributed by atoms with van der Waals surface area (Å²) in [5, 5.41) is 0. The number of para-hydroxylation sites is 1. The second-order valence-corrected chi connectivity index (χ2v) is 4.13. The Morgan fingerprint density at radius 1 is 1.29 bits per heavy atom. The summed E-state index contributed by atoms with van der Waals surface area (Å²) < 4.78 is 21.9. The summed E-state index contributed by atoms with van der Waals surface area (Å²) in [7, 11) is 1.55. The molecule has 0 saturated carbocycles. The molecule has 1 aromatic carbocycles. The van der Waals surface area contributed by atoms with E-state index < -0.39 is 11.1 Å². The van der Waals surface area contributed by atoms with Crippen LogP contribution in [0.15, 0.2) is 29.2 Å². The van der Waals surface area contributed by atoms with Crippen LogP contribution in [-0.4, -0.2) is 17.4 Å². The molecular weight excluding hydrogens is 200 g/mol. The zero-order valence-electron chi connectivity index (χ0n) is 8.52. The van der Waals surface area contributed by atoms with Crippen molar-refractivity contribution in [3.63, 3.8) is 0 Å². The molecule has 0 aliphatic rings. The van der Waals surface area contributed by atoms with Gasteiger partial charge in [-0.1, -0.05) is 12.1 Å². The minimum atomic E-state index is -1.45. The predicted molar refractivity (Wildman–Crippen MR) is 55.6 cm³/mol. The zero-order chi connectivity index (χ0) is 10.6. The van der Waals surface area contributed by atoms with Crippen molar-refractivity contribution in [1.82, 2.24) is 0 Å². The number of ether oxygens (including phenoxy) is 1. The Hall–Kier alpha value is -0.870. The first-order valence-corrected chi connectivity index (χ1v) is 5.44. The molecule has 0 radical (unpaired) electrons. The van der Waals surface area contributed by atoms with Gasteiger partial charge in [0.2, 0.25) is 0 Å². The molecule has 14 heavy (non-hydrogen) atoms. The highest BCUT2D eigenvalue weighted by molar-refractivity contribution is 7.80. The standard InChI is InChI=1S/C10H14O3S/c1-8(2)13-14(11)10-7-5-4-6-9(10)12-3/h4-8H,1-3H3/t14-/m1/s1. The molecule has 0 amide bonds. The van der Waals surface area contributed by atoms with Crippen LogP contribution < -0.4 is 4.74 Å². The molecule has 0 aliphatic heterocycles. The molecule has 0 spiro atoms. The Balaban J connectivity index is 2.88. The van der Waals surface area contributed by atoms with Gasteiger partial charge in [-0.2, -0.15) is 0 Å². The molecule has 0 saturated heterocycles. The van der Waals surface area contributed by atoms with Crippen molar-refractivity contribution in [3.8, 4) is 5.75 Å². The summed E-state index contributed by atoms with van der Waals surface area (Å²) in [6, 6.07) is 7.13. The predicted octanol–water partition coefficient (Wildman–Crippen LogP) is 2.14. The Kier molecular flexibility index (Phi) is 4.10. The SMILES string of the molecule is COc1ccccc1[S@](=O)OC(C)C. The lowest BCUT2D eigenvalue weighted by molar-refractivity contribution is 0.268. The van der Waals surface area contributed by atoms with Crippen molar-refractivity contribution in [3.05, 3.63) is 24.3 Å². The lowest BCUT2D eigenvalue weighted by Gasteiger charge is -2.09. The first kappa shape index (κ1) is 11.2. The third-order valence-corrected chi connectivity index (χ3v) is 2.78. The second kappa shape index (κ2) is 5.12. The van der Waals surface area contributed by atoms with Gasteiger partial charge >= 0.3 is 0 Å². The van der Waals surface area contributed by atoms with Gasteiger partial charge < -0.3 is 4.74 Å². The van der Waals surface area contributed by atoms with E-state index in [0.29, 0.717) is 10.6 Å². The molecule has 0 fully saturated rings. The fraction of sp³-hybridized carbons (Fsp3) is 0.400. The monoisotopic (exact) mass is 214 g/mol. The van der Waals surface area contributed by atoms with Crippen molar-refractivity contribution >= 4 is 11.1 Å². The highest BCUT2D eigenvalue weighted by Crippen LogP contribution is 2.22. The molecule has 1 atom stereocenters. The van der Waals surface area contributed by atoms with Crippen LogP contribution in [0.3, 0.4) is 0 Å². The van der Waals surface area contributed by atoms with Crippen LogP contribution in [0.1, 0.15) is 13.8 Å². The molecular formula is C10H14O3S. The van der Waals surface area contributed by atoms with E-state index in [1.165, 1.54) is 0 Å². The molecule has 0 aromatic heterocycles. The summed E-state index contributed by atoms with van der Waals surface area (Å²) in [4.78, 5) is 0.573. The first-order valence-electron chi connectivity index (χ1n) is 4.37. The van der Waals surface area contributed by atoms with E-state index in [9.17, 15) is 4.21 Å². The van der Waals surface area contributed by atoms with Gasteiger partial charge in [-0.25, -0.2) is 4.21 Å². The number of rotatable bonds is 4. The van der Waals surface area contributed by atoms with Gasteiger partial charge in [-0.3, -0.25) is 4.18 Å². The topological polar surface area (TPSA) is 35.5 Å². The normalized spacial score (nSPS) is 12.9. The van der Waals surface area contributed by atoms with Crippen LogP contribution in [0.25, 0.3) is 0 Å². The molecule has 3 nitrogen and oxygen atoms in total. The third kappa shape index (κ3) is 2.82. The van der Waals surface area contributed by atoms with E-state index in [4.69, 9.17) is 8.92 Å². The number of hydrogen-bond donors (Lipinski definition) is 0. The van der Waals surface area contributed by atoms with Crippen molar-refractivity contribution in [2.24, 2.45) is 0 Å². The van der Waals surface area contributed by atoms with Crippen LogP contribution in [0.4, 0.5) is 0 Å². The number of benzene rings is 1. The van der Waals surface area contributed by atoms with E-state index in [2.05, 4.69) is 0 Å². The molecule has 0 bridgehead atoms. The van der Waals surface area contributed by atoms with Crippen molar-refractivity contribution in [2.75, 3.05) is 7.11 Å². The number of hydrogen-bond acceptors (Lipinski definition) is 3. The average Bonchev–Trinajstić information content (AvgIpc) is 2.16. The van der Waals surface area contributed by atoms with Gasteiger partial charge in [0, 0.05) is 0 Å². The molecule has 4 heteroatoms. The van der Waals surface area contributed by atoms with E-state index in [-0.39, 0.29) is 6.10 Å². The van der Waals surface area contributed by atoms with Gasteiger partial charge in [0.25, 0.3) is 0 Å². The fourth-order valence-electron chi connectivity index (χ4n) is 0.983. The van der Waals surface area contributed by atoms with Crippen LogP contribution in [0, 0.1) is 0 Å². The van der Waals surface area contributed by atoms with E-state index in [0.717, 1.165) is 0 Å².